The van der Waals surface area contributed by atoms with Crippen LogP contribution in [0.2, 0.25) is 10.0 Å². The molecule has 1 aromatic carbocycles. The maximum Gasteiger partial charge on any atom is 0.156 e. The third-order valence-electron chi connectivity index (χ3n) is 3.06. The van der Waals surface area contributed by atoms with Gasteiger partial charge < -0.3 is 15.2 Å². The second-order valence-corrected chi connectivity index (χ2v) is 5.24. The first-order valence-corrected chi connectivity index (χ1v) is 7.07. The molecule has 0 amide bonds. The number of nitrogens with two attached hydrogens (primary N) is 1. The lowest BCUT2D eigenvalue weighted by atomic mass is 10.3. The Labute approximate surface area is 135 Å². The number of hydrogen-bond acceptors (Lipinski definition) is 4. The van der Waals surface area contributed by atoms with E-state index in [2.05, 4.69) is 4.90 Å². The number of hydrogen-bond donors (Lipinski definition) is 1. The van der Waals surface area contributed by atoms with E-state index in [1.807, 2.05) is 0 Å². The second kappa shape index (κ2) is 8.93. The molecule has 0 saturated carbocycles. The molecule has 1 aliphatic heterocycles. The summed E-state index contributed by atoms with van der Waals surface area (Å²) in [5, 5.41) is 1.07. The lowest BCUT2D eigenvalue weighted by Crippen LogP contribution is -2.46. The molecule has 2 rings (SSSR count). The third-order valence-corrected chi connectivity index (χ3v) is 3.65. The number of halogens is 3. The number of para-hydroxylation sites is 1. The summed E-state index contributed by atoms with van der Waals surface area (Å²) in [5.74, 6) is 0.550. The van der Waals surface area contributed by atoms with E-state index < -0.39 is 0 Å². The Balaban J connectivity index is 0.00000200. The highest BCUT2D eigenvalue weighted by Crippen LogP contribution is 2.32. The minimum atomic E-state index is 0. The van der Waals surface area contributed by atoms with E-state index in [0.717, 1.165) is 19.6 Å². The van der Waals surface area contributed by atoms with Gasteiger partial charge in [-0.1, -0.05) is 29.3 Å². The van der Waals surface area contributed by atoms with Crippen molar-refractivity contribution in [2.45, 2.75) is 6.10 Å². The van der Waals surface area contributed by atoms with Crippen LogP contribution in [0.5, 0.6) is 5.75 Å². The predicted octanol–water partition coefficient (Wildman–Crippen LogP) is 2.45. The van der Waals surface area contributed by atoms with Crippen LogP contribution in [0.25, 0.3) is 0 Å². The van der Waals surface area contributed by atoms with E-state index in [4.69, 9.17) is 38.4 Å². The lowest BCUT2D eigenvalue weighted by Gasteiger charge is -2.32. The normalized spacial score (nSPS) is 19.4. The highest BCUT2D eigenvalue weighted by molar-refractivity contribution is 6.37. The van der Waals surface area contributed by atoms with Gasteiger partial charge in [0.25, 0.3) is 0 Å². The summed E-state index contributed by atoms with van der Waals surface area (Å²) < 4.78 is 11.2. The molecule has 0 bridgehead atoms. The molecule has 0 radical (unpaired) electrons. The Kier molecular flexibility index (Phi) is 7.95. The zero-order valence-electron chi connectivity index (χ0n) is 11.1. The fourth-order valence-electron chi connectivity index (χ4n) is 2.02. The fraction of sp³-hybridized carbons (Fsp3) is 0.538. The number of ether oxygens (including phenoxy) is 2. The Morgan fingerprint density at radius 1 is 1.35 bits per heavy atom. The molecule has 1 unspecified atom stereocenters. The van der Waals surface area contributed by atoms with Gasteiger partial charge in [0.1, 0.15) is 6.61 Å². The van der Waals surface area contributed by atoms with Crippen molar-refractivity contribution in [3.63, 3.8) is 0 Å². The van der Waals surface area contributed by atoms with E-state index >= 15 is 0 Å². The minimum absolute atomic E-state index is 0. The molecular formula is C13H19Cl3N2O2. The quantitative estimate of drug-likeness (QED) is 0.894. The summed E-state index contributed by atoms with van der Waals surface area (Å²) in [4.78, 5) is 2.27. The van der Waals surface area contributed by atoms with Gasteiger partial charge >= 0.3 is 0 Å². The summed E-state index contributed by atoms with van der Waals surface area (Å²) in [6, 6.07) is 5.33. The lowest BCUT2D eigenvalue weighted by molar-refractivity contribution is -0.0261. The number of nitrogens with zero attached hydrogens (tertiary/aromatic N) is 1. The van der Waals surface area contributed by atoms with E-state index in [1.54, 1.807) is 18.2 Å². The van der Waals surface area contributed by atoms with Gasteiger partial charge in [0.15, 0.2) is 5.75 Å². The van der Waals surface area contributed by atoms with Crippen LogP contribution >= 0.6 is 35.6 Å². The predicted molar refractivity (Wildman–Crippen MR) is 84.4 cm³/mol. The molecular weight excluding hydrogens is 323 g/mol. The van der Waals surface area contributed by atoms with Crippen molar-refractivity contribution < 1.29 is 9.47 Å². The first-order chi connectivity index (χ1) is 9.20. The molecule has 2 N–H and O–H groups in total. The molecule has 0 aromatic heterocycles. The molecule has 0 aliphatic carbocycles. The van der Waals surface area contributed by atoms with Gasteiger partial charge in [-0.05, 0) is 12.1 Å². The van der Waals surface area contributed by atoms with Gasteiger partial charge in [-0.15, -0.1) is 12.4 Å². The van der Waals surface area contributed by atoms with Gasteiger partial charge in [-0.25, -0.2) is 0 Å². The molecule has 1 aromatic rings. The maximum absolute atomic E-state index is 6.04. The minimum Gasteiger partial charge on any atom is -0.489 e. The highest BCUT2D eigenvalue weighted by atomic mass is 35.5. The Morgan fingerprint density at radius 2 is 2.05 bits per heavy atom. The van der Waals surface area contributed by atoms with E-state index in [0.29, 0.717) is 35.6 Å². The summed E-state index contributed by atoms with van der Waals surface area (Å²) in [5.41, 5.74) is 5.61. The molecule has 1 atom stereocenters. The Hall–Kier alpha value is -0.230. The summed E-state index contributed by atoms with van der Waals surface area (Å²) in [6.45, 7) is 4.36. The Bertz CT molecular complexity index is 400. The molecule has 0 spiro atoms. The summed E-state index contributed by atoms with van der Waals surface area (Å²) in [7, 11) is 0. The Morgan fingerprint density at radius 3 is 2.70 bits per heavy atom. The van der Waals surface area contributed by atoms with Crippen LogP contribution in [0.4, 0.5) is 0 Å². The van der Waals surface area contributed by atoms with E-state index in [-0.39, 0.29) is 18.5 Å². The van der Waals surface area contributed by atoms with Crippen molar-refractivity contribution in [2.24, 2.45) is 5.73 Å². The average Bonchev–Trinajstić information content (AvgIpc) is 2.42. The summed E-state index contributed by atoms with van der Waals surface area (Å²) >= 11 is 12.1. The van der Waals surface area contributed by atoms with Crippen LogP contribution in [0.15, 0.2) is 18.2 Å². The van der Waals surface area contributed by atoms with E-state index in [9.17, 15) is 0 Å². The van der Waals surface area contributed by atoms with Gasteiger partial charge in [-0.2, -0.15) is 0 Å². The first-order valence-electron chi connectivity index (χ1n) is 6.31. The SMILES string of the molecule is Cl.NCC1CN(CCOc2c(Cl)cccc2Cl)CCO1. The topological polar surface area (TPSA) is 47.7 Å². The third kappa shape index (κ3) is 4.95. The van der Waals surface area contributed by atoms with Crippen molar-refractivity contribution in [2.75, 3.05) is 39.4 Å². The standard InChI is InChI=1S/C13H18Cl2N2O2.ClH/c14-11-2-1-3-12(15)13(11)19-7-5-17-4-6-18-10(8-16)9-17;/h1-3,10H,4-9,16H2;1H. The van der Waals surface area contributed by atoms with E-state index in [1.165, 1.54) is 0 Å². The molecule has 1 saturated heterocycles. The van der Waals surface area contributed by atoms with Crippen molar-refractivity contribution in [3.05, 3.63) is 28.2 Å². The van der Waals surface area contributed by atoms with Crippen LogP contribution in [0.1, 0.15) is 0 Å². The molecule has 7 heteroatoms. The molecule has 20 heavy (non-hydrogen) atoms. The van der Waals surface area contributed by atoms with Crippen LogP contribution in [0.3, 0.4) is 0 Å². The fourth-order valence-corrected chi connectivity index (χ4v) is 2.53. The van der Waals surface area contributed by atoms with Crippen molar-refractivity contribution in [3.8, 4) is 5.75 Å². The molecule has 4 nitrogen and oxygen atoms in total. The smallest absolute Gasteiger partial charge is 0.156 e. The van der Waals surface area contributed by atoms with Crippen molar-refractivity contribution in [1.82, 2.24) is 4.90 Å². The van der Waals surface area contributed by atoms with Crippen LogP contribution in [-0.2, 0) is 4.74 Å². The van der Waals surface area contributed by atoms with Gasteiger partial charge in [-0.3, -0.25) is 4.90 Å². The molecule has 1 fully saturated rings. The number of benzene rings is 1. The largest absolute Gasteiger partial charge is 0.489 e. The monoisotopic (exact) mass is 340 g/mol. The zero-order chi connectivity index (χ0) is 13.7. The van der Waals surface area contributed by atoms with Crippen LogP contribution in [-0.4, -0.2) is 50.4 Å². The van der Waals surface area contributed by atoms with Gasteiger partial charge in [0.05, 0.1) is 22.8 Å². The first kappa shape index (κ1) is 17.8. The van der Waals surface area contributed by atoms with Gasteiger partial charge in [0.2, 0.25) is 0 Å². The van der Waals surface area contributed by atoms with Crippen molar-refractivity contribution >= 4 is 35.6 Å². The molecule has 114 valence electrons. The molecule has 1 heterocycles. The van der Waals surface area contributed by atoms with Gasteiger partial charge in [0, 0.05) is 26.2 Å². The number of morpholine rings is 1. The average molecular weight is 342 g/mol. The van der Waals surface area contributed by atoms with Crippen molar-refractivity contribution in [1.29, 1.82) is 0 Å². The molecule has 1 aliphatic rings. The van der Waals surface area contributed by atoms with Crippen LogP contribution < -0.4 is 10.5 Å². The maximum atomic E-state index is 6.04. The van der Waals surface area contributed by atoms with Crippen LogP contribution in [0, 0.1) is 0 Å². The summed E-state index contributed by atoms with van der Waals surface area (Å²) in [6.07, 6.45) is 0.123. The highest BCUT2D eigenvalue weighted by Gasteiger charge is 2.19. The zero-order valence-corrected chi connectivity index (χ0v) is 13.4. The number of rotatable bonds is 5. The second-order valence-electron chi connectivity index (χ2n) is 4.43.